The maximum Gasteiger partial charge on any atom is 0.245 e. The number of carbonyl (C=O) groups is 4. The maximum atomic E-state index is 14.1. The van der Waals surface area contributed by atoms with Crippen molar-refractivity contribution in [3.63, 3.8) is 0 Å². The normalized spacial score (nSPS) is 20.4. The topological polar surface area (TPSA) is 150 Å². The number of ether oxygens (including phenoxy) is 2. The number of aliphatic hydroxyl groups excluding tert-OH is 1. The lowest BCUT2D eigenvalue weighted by atomic mass is 9.89. The zero-order valence-corrected chi connectivity index (χ0v) is 34.1. The first kappa shape index (κ1) is 46.8. The first-order chi connectivity index (χ1) is 24.5. The molecule has 0 bridgehead atoms. The number of aliphatic hydroxyl groups is 1. The van der Waals surface area contributed by atoms with Gasteiger partial charge in [-0.3, -0.25) is 19.2 Å². The van der Waals surface area contributed by atoms with Crippen molar-refractivity contribution in [3.8, 4) is 12.3 Å². The Morgan fingerprint density at radius 2 is 1.62 bits per heavy atom. The molecule has 0 spiro atoms. The summed E-state index contributed by atoms with van der Waals surface area (Å²) >= 11 is 0. The zero-order chi connectivity index (χ0) is 39.9. The van der Waals surface area contributed by atoms with Gasteiger partial charge in [0.25, 0.3) is 0 Å². The van der Waals surface area contributed by atoms with E-state index in [1.54, 1.807) is 63.9 Å². The Morgan fingerprint density at radius 3 is 2.10 bits per heavy atom. The Kier molecular flexibility index (Phi) is 20.5. The Labute approximate surface area is 313 Å². The van der Waals surface area contributed by atoms with Crippen LogP contribution in [0.2, 0.25) is 0 Å². The highest BCUT2D eigenvalue weighted by Gasteiger charge is 2.43. The zero-order valence-electron chi connectivity index (χ0n) is 34.1. The predicted molar refractivity (Wildman–Crippen MR) is 206 cm³/mol. The Morgan fingerprint density at radius 1 is 1.00 bits per heavy atom. The molecule has 52 heavy (non-hydrogen) atoms. The molecule has 0 aliphatic carbocycles. The summed E-state index contributed by atoms with van der Waals surface area (Å²) in [4.78, 5) is 58.3. The summed E-state index contributed by atoms with van der Waals surface area (Å²) in [5.74, 6) is 0.661. The van der Waals surface area contributed by atoms with Crippen molar-refractivity contribution in [3.05, 3.63) is 23.8 Å². The largest absolute Gasteiger partial charge is 0.386 e. The molecule has 4 amide bonds. The van der Waals surface area contributed by atoms with E-state index in [4.69, 9.17) is 15.9 Å². The third-order valence-electron chi connectivity index (χ3n) is 10.6. The van der Waals surface area contributed by atoms with Crippen molar-refractivity contribution in [2.75, 3.05) is 34.9 Å². The van der Waals surface area contributed by atoms with E-state index in [-0.39, 0.29) is 53.8 Å². The van der Waals surface area contributed by atoms with Crippen LogP contribution in [0.15, 0.2) is 23.8 Å². The van der Waals surface area contributed by atoms with Crippen LogP contribution in [0.25, 0.3) is 0 Å². The molecule has 12 nitrogen and oxygen atoms in total. The van der Waals surface area contributed by atoms with Crippen LogP contribution in [0.4, 0.5) is 0 Å². The van der Waals surface area contributed by atoms with Crippen LogP contribution in [0, 0.1) is 36.0 Å². The first-order valence-corrected chi connectivity index (χ1v) is 18.8. The molecule has 1 aliphatic heterocycles. The maximum absolute atomic E-state index is 14.1. The number of rotatable bonds is 21. The molecule has 1 fully saturated rings. The number of nitrogens with one attached hydrogen (secondary N) is 3. The average molecular weight is 732 g/mol. The molecule has 1 aliphatic rings. The highest BCUT2D eigenvalue weighted by molar-refractivity contribution is 5.90. The highest BCUT2D eigenvalue weighted by atomic mass is 16.5. The molecule has 0 aromatic heterocycles. The molecule has 0 aromatic carbocycles. The molecular formula is C40H69N5O7. The second-order valence-electron chi connectivity index (χ2n) is 14.9. The average Bonchev–Trinajstić information content (AvgIpc) is 3.59. The third-order valence-corrected chi connectivity index (χ3v) is 10.6. The van der Waals surface area contributed by atoms with Crippen molar-refractivity contribution in [2.24, 2.45) is 23.7 Å². The number of allylic oxidation sites excluding steroid dienone is 2. The molecule has 10 atom stereocenters. The van der Waals surface area contributed by atoms with Gasteiger partial charge in [0.1, 0.15) is 6.04 Å². The van der Waals surface area contributed by atoms with Gasteiger partial charge < -0.3 is 40.3 Å². The number of methoxy groups -OCH3 is 2. The lowest BCUT2D eigenvalue weighted by Crippen LogP contribution is -2.59. The van der Waals surface area contributed by atoms with E-state index < -0.39 is 48.4 Å². The van der Waals surface area contributed by atoms with Crippen molar-refractivity contribution in [1.82, 2.24) is 25.8 Å². The van der Waals surface area contributed by atoms with Gasteiger partial charge in [0, 0.05) is 27.8 Å². The highest BCUT2D eigenvalue weighted by Crippen LogP contribution is 2.30. The van der Waals surface area contributed by atoms with E-state index in [0.717, 1.165) is 12.8 Å². The van der Waals surface area contributed by atoms with Gasteiger partial charge in [-0.25, -0.2) is 0 Å². The first-order valence-electron chi connectivity index (χ1n) is 18.8. The van der Waals surface area contributed by atoms with Crippen LogP contribution in [0.3, 0.4) is 0 Å². The molecule has 1 rings (SSSR count). The van der Waals surface area contributed by atoms with E-state index in [2.05, 4.69) is 21.9 Å². The second kappa shape index (κ2) is 22.7. The van der Waals surface area contributed by atoms with Crippen LogP contribution < -0.4 is 16.0 Å². The molecular weight excluding hydrogens is 662 g/mol. The summed E-state index contributed by atoms with van der Waals surface area (Å²) in [6.07, 6.45) is 10.2. The molecule has 0 saturated carbocycles. The van der Waals surface area contributed by atoms with Gasteiger partial charge in [0.05, 0.1) is 54.8 Å². The van der Waals surface area contributed by atoms with E-state index in [9.17, 15) is 24.3 Å². The minimum Gasteiger partial charge on any atom is -0.386 e. The van der Waals surface area contributed by atoms with Crippen LogP contribution in [-0.2, 0) is 28.7 Å². The molecule has 1 heterocycles. The predicted octanol–water partition coefficient (Wildman–Crippen LogP) is 3.29. The molecule has 1 saturated heterocycles. The van der Waals surface area contributed by atoms with Crippen molar-refractivity contribution < 1.29 is 33.8 Å². The third kappa shape index (κ3) is 12.4. The second-order valence-corrected chi connectivity index (χ2v) is 14.9. The quantitative estimate of drug-likeness (QED) is 0.104. The fourth-order valence-corrected chi connectivity index (χ4v) is 7.28. The molecule has 0 radical (unpaired) electrons. The minimum absolute atomic E-state index is 0.0189. The fourth-order valence-electron chi connectivity index (χ4n) is 7.28. The number of hydrogen-bond acceptors (Lipinski definition) is 8. The molecule has 12 heteroatoms. The van der Waals surface area contributed by atoms with Crippen LogP contribution in [0.1, 0.15) is 88.0 Å². The number of likely N-dealkylation sites (tertiary alicyclic amines) is 1. The Bertz CT molecular complexity index is 1260. The number of likely N-dealkylation sites (N-methyl/N-ethyl adjacent to an activating group) is 2. The SMILES string of the molecule is C#C/C=C\C(=C/C)[C@H](O)[C@@H](C)NC(=O)[C@H](C)[C@@H](OC)[C@@H]1CCCN1C(=O)C[C@@H](OC)[C@H]([C@@H](C)CC)N(C)C(=O)C(NC(=O)[C@@H](NC)C(C)C)C(C)C. The van der Waals surface area contributed by atoms with Gasteiger partial charge in [-0.15, -0.1) is 6.42 Å². The number of amides is 4. The van der Waals surface area contributed by atoms with Gasteiger partial charge in [-0.1, -0.05) is 66.9 Å². The molecule has 296 valence electrons. The Balaban J connectivity index is 3.24. The molecule has 0 aromatic rings. The van der Waals surface area contributed by atoms with E-state index >= 15 is 0 Å². The van der Waals surface area contributed by atoms with Crippen LogP contribution in [-0.4, -0.2) is 122 Å². The smallest absolute Gasteiger partial charge is 0.245 e. The van der Waals surface area contributed by atoms with Gasteiger partial charge in [-0.2, -0.15) is 0 Å². The van der Waals surface area contributed by atoms with Crippen LogP contribution >= 0.6 is 0 Å². The van der Waals surface area contributed by atoms with Crippen LogP contribution in [0.5, 0.6) is 0 Å². The molecule has 1 unspecified atom stereocenters. The van der Waals surface area contributed by atoms with Gasteiger partial charge in [0.2, 0.25) is 23.6 Å². The summed E-state index contributed by atoms with van der Waals surface area (Å²) in [7, 11) is 6.54. The number of hydrogen-bond donors (Lipinski definition) is 4. The lowest BCUT2D eigenvalue weighted by molar-refractivity contribution is -0.148. The van der Waals surface area contributed by atoms with Gasteiger partial charge in [0.15, 0.2) is 0 Å². The van der Waals surface area contributed by atoms with Crippen molar-refractivity contribution in [2.45, 2.75) is 137 Å². The number of nitrogens with zero attached hydrogens (tertiary/aromatic N) is 2. The van der Waals surface area contributed by atoms with E-state index in [1.165, 1.54) is 13.2 Å². The van der Waals surface area contributed by atoms with Crippen molar-refractivity contribution in [1.29, 1.82) is 0 Å². The van der Waals surface area contributed by atoms with E-state index in [0.29, 0.717) is 18.5 Å². The van der Waals surface area contributed by atoms with E-state index in [1.807, 2.05) is 41.5 Å². The molecule has 4 N–H and O–H groups in total. The lowest BCUT2D eigenvalue weighted by Gasteiger charge is -2.41. The monoisotopic (exact) mass is 732 g/mol. The summed E-state index contributed by atoms with van der Waals surface area (Å²) in [5, 5.41) is 19.8. The van der Waals surface area contributed by atoms with Crippen molar-refractivity contribution >= 4 is 23.6 Å². The summed E-state index contributed by atoms with van der Waals surface area (Å²) in [6.45, 7) is 17.5. The fraction of sp³-hybridized carbons (Fsp3) is 0.750. The standard InChI is InChI=1S/C40H69N5O7/c1-15-18-20-29(17-3)36(47)28(10)42-38(48)27(9)37(52-14)30-21-19-22-45(30)32(46)23-31(51-13)35(26(8)16-2)44(12)40(50)34(25(6)7)43-39(49)33(41-11)24(4)5/h1,17-18,20,24-28,30-31,33-37,41,47H,16,19,21-23H2,2-14H3,(H,42,48)(H,43,49)/b20-18-,29-17+/t26-,27+,28+,30-,31+,33-,34?,35-,36+,37+/m0/s1. The summed E-state index contributed by atoms with van der Waals surface area (Å²) < 4.78 is 11.9. The van der Waals surface area contributed by atoms with Gasteiger partial charge >= 0.3 is 0 Å². The summed E-state index contributed by atoms with van der Waals surface area (Å²) in [6, 6.07) is -2.63. The number of carbonyl (C=O) groups excluding carboxylic acids is 4. The Hall–Kier alpha value is -3.24. The summed E-state index contributed by atoms with van der Waals surface area (Å²) in [5.41, 5.74) is 0.586. The number of terminal acetylenes is 1. The minimum atomic E-state index is -0.969. The van der Waals surface area contributed by atoms with Gasteiger partial charge in [-0.05, 0) is 69.2 Å².